The van der Waals surface area contributed by atoms with Crippen molar-refractivity contribution >= 4 is 0 Å². The zero-order chi connectivity index (χ0) is 13.0. The molecular weight excluding hydrogens is 216 g/mol. The Morgan fingerprint density at radius 2 is 1.82 bits per heavy atom. The van der Waals surface area contributed by atoms with E-state index in [1.807, 2.05) is 39.2 Å². The number of methoxy groups -OCH3 is 2. The first-order chi connectivity index (χ1) is 8.01. The van der Waals surface area contributed by atoms with Crippen LogP contribution >= 0.6 is 0 Å². The molecule has 0 aromatic heterocycles. The lowest BCUT2D eigenvalue weighted by molar-refractivity contribution is 0.257. The molecule has 17 heavy (non-hydrogen) atoms. The average molecular weight is 238 g/mol. The van der Waals surface area contributed by atoms with Crippen molar-refractivity contribution in [1.29, 1.82) is 0 Å². The molecule has 96 valence electrons. The van der Waals surface area contributed by atoms with Gasteiger partial charge in [0.15, 0.2) is 0 Å². The Hall–Kier alpha value is -1.26. The van der Waals surface area contributed by atoms with E-state index in [1.165, 1.54) is 0 Å². The molecule has 1 aromatic carbocycles. The van der Waals surface area contributed by atoms with Crippen molar-refractivity contribution in [3.63, 3.8) is 0 Å². The molecule has 2 N–H and O–H groups in total. The average Bonchev–Trinajstić information content (AvgIpc) is 2.28. The second kappa shape index (κ2) is 5.89. The highest BCUT2D eigenvalue weighted by Crippen LogP contribution is 2.32. The lowest BCUT2D eigenvalue weighted by atomic mass is 9.98. The Kier molecular flexibility index (Phi) is 4.78. The summed E-state index contributed by atoms with van der Waals surface area (Å²) in [6.45, 7) is 1.99. The van der Waals surface area contributed by atoms with Gasteiger partial charge in [0, 0.05) is 11.6 Å². The van der Waals surface area contributed by atoms with E-state index in [1.54, 1.807) is 14.2 Å². The van der Waals surface area contributed by atoms with Gasteiger partial charge in [-0.1, -0.05) is 0 Å². The Morgan fingerprint density at radius 3 is 2.24 bits per heavy atom. The topological polar surface area (TPSA) is 47.7 Å². The summed E-state index contributed by atoms with van der Waals surface area (Å²) in [5, 5.41) is 0. The van der Waals surface area contributed by atoms with E-state index in [4.69, 9.17) is 15.2 Å². The normalized spacial score (nSPS) is 14.5. The molecule has 0 amide bonds. The van der Waals surface area contributed by atoms with Gasteiger partial charge in [-0.25, -0.2) is 0 Å². The standard InChI is InChI=1S/C13H22N2O2/c1-9(14)13(15(2)3)11-8-10(16-4)6-7-12(11)17-5/h6-9,13H,14H2,1-5H3. The number of nitrogens with zero attached hydrogens (tertiary/aromatic N) is 1. The Morgan fingerprint density at radius 1 is 1.18 bits per heavy atom. The lowest BCUT2D eigenvalue weighted by Crippen LogP contribution is -2.35. The van der Waals surface area contributed by atoms with Gasteiger partial charge in [-0.3, -0.25) is 0 Å². The van der Waals surface area contributed by atoms with Crippen LogP contribution < -0.4 is 15.2 Å². The van der Waals surface area contributed by atoms with Crippen LogP contribution in [0.1, 0.15) is 18.5 Å². The minimum Gasteiger partial charge on any atom is -0.497 e. The second-order valence-corrected chi connectivity index (χ2v) is 4.38. The summed E-state index contributed by atoms with van der Waals surface area (Å²) in [5.74, 6) is 1.65. The van der Waals surface area contributed by atoms with Gasteiger partial charge >= 0.3 is 0 Å². The quantitative estimate of drug-likeness (QED) is 0.847. The maximum Gasteiger partial charge on any atom is 0.123 e. The number of benzene rings is 1. The fourth-order valence-corrected chi connectivity index (χ4v) is 2.10. The summed E-state index contributed by atoms with van der Waals surface area (Å²) in [5.41, 5.74) is 7.09. The fraction of sp³-hybridized carbons (Fsp3) is 0.538. The third kappa shape index (κ3) is 3.11. The Labute approximate surface area is 103 Å². The number of hydrogen-bond donors (Lipinski definition) is 1. The summed E-state index contributed by atoms with van der Waals surface area (Å²) < 4.78 is 10.6. The number of likely N-dealkylation sites (N-methyl/N-ethyl adjacent to an activating group) is 1. The highest BCUT2D eigenvalue weighted by atomic mass is 16.5. The van der Waals surface area contributed by atoms with Crippen LogP contribution in [-0.4, -0.2) is 39.3 Å². The predicted molar refractivity (Wildman–Crippen MR) is 69.6 cm³/mol. The maximum absolute atomic E-state index is 6.05. The van der Waals surface area contributed by atoms with Gasteiger partial charge in [-0.05, 0) is 39.2 Å². The van der Waals surface area contributed by atoms with Gasteiger partial charge in [0.25, 0.3) is 0 Å². The van der Waals surface area contributed by atoms with E-state index >= 15 is 0 Å². The number of ether oxygens (including phenoxy) is 2. The van der Waals surface area contributed by atoms with Crippen molar-refractivity contribution in [2.45, 2.75) is 19.0 Å². The molecule has 0 saturated heterocycles. The van der Waals surface area contributed by atoms with Crippen LogP contribution in [-0.2, 0) is 0 Å². The van der Waals surface area contributed by atoms with Crippen molar-refractivity contribution in [3.05, 3.63) is 23.8 Å². The monoisotopic (exact) mass is 238 g/mol. The Balaban J connectivity index is 3.23. The molecule has 0 fully saturated rings. The van der Waals surface area contributed by atoms with Gasteiger partial charge in [0.05, 0.1) is 20.3 Å². The highest BCUT2D eigenvalue weighted by molar-refractivity contribution is 5.42. The summed E-state index contributed by atoms with van der Waals surface area (Å²) in [6, 6.07) is 5.88. The molecule has 0 aliphatic rings. The van der Waals surface area contributed by atoms with Crippen LogP contribution in [0.5, 0.6) is 11.5 Å². The van der Waals surface area contributed by atoms with Gasteiger partial charge in [0.2, 0.25) is 0 Å². The molecule has 0 aliphatic heterocycles. The molecule has 0 saturated carbocycles. The third-order valence-corrected chi connectivity index (χ3v) is 2.81. The molecule has 2 unspecified atom stereocenters. The van der Waals surface area contributed by atoms with Crippen molar-refractivity contribution in [2.24, 2.45) is 5.73 Å². The van der Waals surface area contributed by atoms with Gasteiger partial charge in [-0.15, -0.1) is 0 Å². The summed E-state index contributed by atoms with van der Waals surface area (Å²) in [7, 11) is 7.33. The van der Waals surface area contributed by atoms with E-state index in [-0.39, 0.29) is 12.1 Å². The minimum absolute atomic E-state index is 0.00556. The zero-order valence-corrected chi connectivity index (χ0v) is 11.2. The molecule has 2 atom stereocenters. The largest absolute Gasteiger partial charge is 0.497 e. The van der Waals surface area contributed by atoms with E-state index < -0.39 is 0 Å². The zero-order valence-electron chi connectivity index (χ0n) is 11.2. The van der Waals surface area contributed by atoms with E-state index in [2.05, 4.69) is 4.90 Å². The number of nitrogens with two attached hydrogens (primary N) is 1. The van der Waals surface area contributed by atoms with Gasteiger partial charge in [-0.2, -0.15) is 0 Å². The fourth-order valence-electron chi connectivity index (χ4n) is 2.10. The van der Waals surface area contributed by atoms with E-state index in [0.717, 1.165) is 17.1 Å². The Bertz CT molecular complexity index is 356. The molecule has 1 aromatic rings. The summed E-state index contributed by atoms with van der Waals surface area (Å²) >= 11 is 0. The van der Waals surface area contributed by atoms with E-state index in [0.29, 0.717) is 0 Å². The molecule has 0 aliphatic carbocycles. The van der Waals surface area contributed by atoms with Gasteiger partial charge in [0.1, 0.15) is 11.5 Å². The van der Waals surface area contributed by atoms with Crippen LogP contribution in [0.25, 0.3) is 0 Å². The summed E-state index contributed by atoms with van der Waals surface area (Å²) in [6.07, 6.45) is 0. The van der Waals surface area contributed by atoms with Crippen LogP contribution in [0.3, 0.4) is 0 Å². The predicted octanol–water partition coefficient (Wildman–Crippen LogP) is 1.65. The highest BCUT2D eigenvalue weighted by Gasteiger charge is 2.22. The van der Waals surface area contributed by atoms with E-state index in [9.17, 15) is 0 Å². The number of hydrogen-bond acceptors (Lipinski definition) is 4. The first-order valence-electron chi connectivity index (χ1n) is 5.65. The van der Waals surface area contributed by atoms with Gasteiger partial charge < -0.3 is 20.1 Å². The third-order valence-electron chi connectivity index (χ3n) is 2.81. The summed E-state index contributed by atoms with van der Waals surface area (Å²) in [4.78, 5) is 2.09. The maximum atomic E-state index is 6.05. The van der Waals surface area contributed by atoms with Crippen LogP contribution in [0.15, 0.2) is 18.2 Å². The first-order valence-corrected chi connectivity index (χ1v) is 5.65. The second-order valence-electron chi connectivity index (χ2n) is 4.38. The lowest BCUT2D eigenvalue weighted by Gasteiger charge is -2.29. The first kappa shape index (κ1) is 13.8. The smallest absolute Gasteiger partial charge is 0.123 e. The van der Waals surface area contributed by atoms with Crippen molar-refractivity contribution in [1.82, 2.24) is 4.90 Å². The van der Waals surface area contributed by atoms with Crippen molar-refractivity contribution < 1.29 is 9.47 Å². The van der Waals surface area contributed by atoms with Crippen LogP contribution in [0.2, 0.25) is 0 Å². The minimum atomic E-state index is 0.00556. The number of rotatable bonds is 5. The van der Waals surface area contributed by atoms with Crippen LogP contribution in [0, 0.1) is 0 Å². The molecule has 0 bridgehead atoms. The molecule has 0 heterocycles. The molecular formula is C13H22N2O2. The molecule has 0 radical (unpaired) electrons. The van der Waals surface area contributed by atoms with Crippen LogP contribution in [0.4, 0.5) is 0 Å². The molecule has 1 rings (SSSR count). The molecule has 4 nitrogen and oxygen atoms in total. The molecule has 4 heteroatoms. The SMILES string of the molecule is COc1ccc(OC)c(C(C(C)N)N(C)C)c1. The van der Waals surface area contributed by atoms with Crippen molar-refractivity contribution in [2.75, 3.05) is 28.3 Å². The van der Waals surface area contributed by atoms with Crippen molar-refractivity contribution in [3.8, 4) is 11.5 Å². The molecule has 0 spiro atoms.